The van der Waals surface area contributed by atoms with Crippen molar-refractivity contribution in [1.82, 2.24) is 14.9 Å². The Kier molecular flexibility index (Phi) is 5.49. The summed E-state index contributed by atoms with van der Waals surface area (Å²) < 4.78 is 27.8. The summed E-state index contributed by atoms with van der Waals surface area (Å²) in [6, 6.07) is 15.1. The number of pyridine rings is 1. The SMILES string of the molecule is Cc1cc([C@H]2[C@@H](c3ccccn3)NC(=S)N2c2ccc(NS(C)(=O)=O)cc2)c(C)n1C. The summed E-state index contributed by atoms with van der Waals surface area (Å²) in [5.41, 5.74) is 5.79. The van der Waals surface area contributed by atoms with Crippen molar-refractivity contribution in [2.24, 2.45) is 7.05 Å². The lowest BCUT2D eigenvalue weighted by Crippen LogP contribution is -2.29. The molecule has 1 saturated heterocycles. The third-order valence-corrected chi connectivity index (χ3v) is 6.60. The fourth-order valence-electron chi connectivity index (χ4n) is 4.04. The molecule has 0 bridgehead atoms. The van der Waals surface area contributed by atoms with Crippen molar-refractivity contribution in [3.05, 3.63) is 77.4 Å². The molecule has 0 radical (unpaired) electrons. The van der Waals surface area contributed by atoms with E-state index in [0.717, 1.165) is 29.0 Å². The molecule has 3 heterocycles. The quantitative estimate of drug-likeness (QED) is 0.573. The molecule has 4 rings (SSSR count). The fourth-order valence-corrected chi connectivity index (χ4v) is 4.95. The van der Waals surface area contributed by atoms with Gasteiger partial charge in [0.25, 0.3) is 0 Å². The molecule has 162 valence electrons. The van der Waals surface area contributed by atoms with Crippen LogP contribution in [0.25, 0.3) is 0 Å². The van der Waals surface area contributed by atoms with E-state index >= 15 is 0 Å². The van der Waals surface area contributed by atoms with Crippen LogP contribution in [0.15, 0.2) is 54.7 Å². The Morgan fingerprint density at radius 1 is 1.13 bits per heavy atom. The molecule has 0 amide bonds. The highest BCUT2D eigenvalue weighted by Crippen LogP contribution is 2.43. The largest absolute Gasteiger partial charge is 0.352 e. The van der Waals surface area contributed by atoms with Gasteiger partial charge >= 0.3 is 0 Å². The minimum absolute atomic E-state index is 0.101. The molecule has 7 nitrogen and oxygen atoms in total. The molecular weight excluding hydrogens is 430 g/mol. The van der Waals surface area contributed by atoms with Crippen LogP contribution in [0.2, 0.25) is 0 Å². The first-order chi connectivity index (χ1) is 14.7. The van der Waals surface area contributed by atoms with Gasteiger partial charge in [-0.15, -0.1) is 0 Å². The monoisotopic (exact) mass is 455 g/mol. The highest BCUT2D eigenvalue weighted by atomic mass is 32.2. The second-order valence-corrected chi connectivity index (χ2v) is 9.94. The molecule has 1 aliphatic rings. The zero-order chi connectivity index (χ0) is 22.3. The summed E-state index contributed by atoms with van der Waals surface area (Å²) in [6.45, 7) is 4.19. The van der Waals surface area contributed by atoms with Crippen molar-refractivity contribution in [3.63, 3.8) is 0 Å². The van der Waals surface area contributed by atoms with Gasteiger partial charge in [0, 0.05) is 36.0 Å². The average molecular weight is 456 g/mol. The van der Waals surface area contributed by atoms with Crippen LogP contribution in [0.3, 0.4) is 0 Å². The topological polar surface area (TPSA) is 79.3 Å². The Morgan fingerprint density at radius 2 is 1.84 bits per heavy atom. The van der Waals surface area contributed by atoms with Gasteiger partial charge in [-0.3, -0.25) is 9.71 Å². The van der Waals surface area contributed by atoms with Crippen LogP contribution >= 0.6 is 12.2 Å². The number of hydrogen-bond donors (Lipinski definition) is 2. The van der Waals surface area contributed by atoms with Crippen molar-refractivity contribution < 1.29 is 8.42 Å². The maximum atomic E-state index is 11.5. The van der Waals surface area contributed by atoms with Gasteiger partial charge in [0.2, 0.25) is 10.0 Å². The molecular formula is C22H25N5O2S2. The number of hydrogen-bond acceptors (Lipinski definition) is 4. The lowest BCUT2D eigenvalue weighted by Gasteiger charge is -2.28. The summed E-state index contributed by atoms with van der Waals surface area (Å²) in [5, 5.41) is 4.05. The van der Waals surface area contributed by atoms with Crippen molar-refractivity contribution in [3.8, 4) is 0 Å². The molecule has 31 heavy (non-hydrogen) atoms. The Morgan fingerprint density at radius 3 is 2.39 bits per heavy atom. The van der Waals surface area contributed by atoms with E-state index in [2.05, 4.69) is 51.5 Å². The van der Waals surface area contributed by atoms with Gasteiger partial charge < -0.3 is 14.8 Å². The third-order valence-electron chi connectivity index (χ3n) is 5.68. The number of nitrogens with zero attached hydrogens (tertiary/aromatic N) is 3. The number of benzene rings is 1. The van der Waals surface area contributed by atoms with Crippen molar-refractivity contribution in [2.45, 2.75) is 25.9 Å². The number of aromatic nitrogens is 2. The minimum atomic E-state index is -3.34. The number of nitrogens with one attached hydrogen (secondary N) is 2. The molecule has 0 saturated carbocycles. The maximum absolute atomic E-state index is 11.5. The number of sulfonamides is 1. The van der Waals surface area contributed by atoms with Crippen molar-refractivity contribution in [1.29, 1.82) is 0 Å². The first kappa shape index (κ1) is 21.3. The molecule has 1 aromatic carbocycles. The van der Waals surface area contributed by atoms with Crippen LogP contribution < -0.4 is 14.9 Å². The molecule has 0 aliphatic carbocycles. The van der Waals surface area contributed by atoms with Gasteiger partial charge in [0.15, 0.2) is 5.11 Å². The van der Waals surface area contributed by atoms with E-state index in [9.17, 15) is 8.42 Å². The van der Waals surface area contributed by atoms with Crippen LogP contribution in [-0.4, -0.2) is 29.3 Å². The number of rotatable bonds is 5. The second kappa shape index (κ2) is 7.97. The van der Waals surface area contributed by atoms with Gasteiger partial charge in [0.05, 0.1) is 24.0 Å². The summed E-state index contributed by atoms with van der Waals surface area (Å²) in [6.07, 6.45) is 2.92. The Balaban J connectivity index is 1.80. The van der Waals surface area contributed by atoms with Crippen LogP contribution in [0, 0.1) is 13.8 Å². The van der Waals surface area contributed by atoms with Gasteiger partial charge in [-0.2, -0.15) is 0 Å². The first-order valence-electron chi connectivity index (χ1n) is 9.87. The van der Waals surface area contributed by atoms with E-state index in [1.54, 1.807) is 18.3 Å². The zero-order valence-corrected chi connectivity index (χ0v) is 19.5. The Bertz CT molecular complexity index is 1220. The second-order valence-electron chi connectivity index (χ2n) is 7.80. The lowest BCUT2D eigenvalue weighted by atomic mass is 9.96. The van der Waals surface area contributed by atoms with Crippen LogP contribution in [-0.2, 0) is 17.1 Å². The number of aryl methyl sites for hydroxylation is 1. The smallest absolute Gasteiger partial charge is 0.229 e. The number of anilines is 2. The van der Waals surface area contributed by atoms with Crippen LogP contribution in [0.4, 0.5) is 11.4 Å². The molecule has 9 heteroatoms. The predicted octanol–water partition coefficient (Wildman–Crippen LogP) is 3.59. The highest BCUT2D eigenvalue weighted by Gasteiger charge is 2.42. The maximum Gasteiger partial charge on any atom is 0.229 e. The van der Waals surface area contributed by atoms with E-state index in [1.807, 2.05) is 30.3 Å². The van der Waals surface area contributed by atoms with E-state index < -0.39 is 10.0 Å². The molecule has 0 spiro atoms. The van der Waals surface area contributed by atoms with Crippen LogP contribution in [0.5, 0.6) is 0 Å². The molecule has 3 aromatic rings. The lowest BCUT2D eigenvalue weighted by molar-refractivity contribution is 0.564. The summed E-state index contributed by atoms with van der Waals surface area (Å²) in [4.78, 5) is 6.66. The number of thiocarbonyl (C=S) groups is 1. The zero-order valence-electron chi connectivity index (χ0n) is 17.8. The van der Waals surface area contributed by atoms with Gasteiger partial charge in [-0.05, 0) is 74.1 Å². The highest BCUT2D eigenvalue weighted by molar-refractivity contribution is 7.92. The summed E-state index contributed by atoms with van der Waals surface area (Å²) in [5.74, 6) is 0. The van der Waals surface area contributed by atoms with E-state index in [4.69, 9.17) is 12.2 Å². The fraction of sp³-hybridized carbons (Fsp3) is 0.273. The average Bonchev–Trinajstić information content (AvgIpc) is 3.19. The molecule has 2 atom stereocenters. The minimum Gasteiger partial charge on any atom is -0.352 e. The Hall–Kier alpha value is -2.91. The van der Waals surface area contributed by atoms with Gasteiger partial charge in [0.1, 0.15) is 0 Å². The van der Waals surface area contributed by atoms with E-state index in [-0.39, 0.29) is 12.1 Å². The molecule has 1 fully saturated rings. The van der Waals surface area contributed by atoms with Gasteiger partial charge in [-0.1, -0.05) is 6.07 Å². The normalized spacial score (nSPS) is 18.8. The summed E-state index contributed by atoms with van der Waals surface area (Å²) >= 11 is 5.75. The molecule has 2 N–H and O–H groups in total. The van der Waals surface area contributed by atoms with Crippen LogP contribution in [0.1, 0.15) is 34.7 Å². The molecule has 2 aromatic heterocycles. The van der Waals surface area contributed by atoms with Gasteiger partial charge in [-0.25, -0.2) is 8.42 Å². The molecule has 1 aliphatic heterocycles. The third kappa shape index (κ3) is 4.15. The molecule has 0 unspecified atom stereocenters. The first-order valence-corrected chi connectivity index (χ1v) is 12.2. The standard InChI is InChI=1S/C22H25N5O2S2/c1-14-13-18(15(2)26(14)3)21-20(19-7-5-6-12-23-19)24-22(30)27(21)17-10-8-16(9-11-17)25-31(4,28)29/h5-13,20-21,25H,1-4H3,(H,24,30)/t20-,21+/m1/s1. The predicted molar refractivity (Wildman–Crippen MR) is 128 cm³/mol. The summed E-state index contributed by atoms with van der Waals surface area (Å²) in [7, 11) is -1.28. The van der Waals surface area contributed by atoms with E-state index in [1.165, 1.54) is 5.56 Å². The van der Waals surface area contributed by atoms with Crippen molar-refractivity contribution >= 4 is 38.7 Å². The van der Waals surface area contributed by atoms with Crippen molar-refractivity contribution in [2.75, 3.05) is 15.9 Å². The van der Waals surface area contributed by atoms with E-state index in [0.29, 0.717) is 10.8 Å². The Labute approximate surface area is 188 Å².